The molecule has 0 radical (unpaired) electrons. The lowest BCUT2D eigenvalue weighted by molar-refractivity contribution is -0.119. The summed E-state index contributed by atoms with van der Waals surface area (Å²) < 4.78 is 0. The first-order chi connectivity index (χ1) is 15.4. The standard InChI is InChI=1S/C27H30N2O2S/c1-17(2)16-29-25(23-10-7-15-32-23)24(21-8-5-6-9-22(21)27(29)31)26(30)28-20-13-11-19(12-14-20)18(3)4/h5-15,17-18,24-25H,16H2,1-4H3,(H,28,30). The minimum atomic E-state index is -0.480. The third-order valence-electron chi connectivity index (χ3n) is 5.96. The molecule has 2 heterocycles. The van der Waals surface area contributed by atoms with Gasteiger partial charge in [-0.2, -0.15) is 0 Å². The van der Waals surface area contributed by atoms with E-state index in [9.17, 15) is 9.59 Å². The van der Waals surface area contributed by atoms with Crippen molar-refractivity contribution in [3.8, 4) is 0 Å². The van der Waals surface area contributed by atoms with E-state index in [1.165, 1.54) is 5.56 Å². The molecule has 5 heteroatoms. The van der Waals surface area contributed by atoms with E-state index < -0.39 is 5.92 Å². The van der Waals surface area contributed by atoms with Crippen LogP contribution in [0.15, 0.2) is 66.0 Å². The number of thiophene rings is 1. The topological polar surface area (TPSA) is 49.4 Å². The number of benzene rings is 2. The summed E-state index contributed by atoms with van der Waals surface area (Å²) in [5, 5.41) is 5.13. The number of carbonyl (C=O) groups is 2. The molecule has 2 atom stereocenters. The van der Waals surface area contributed by atoms with Crippen molar-refractivity contribution in [3.63, 3.8) is 0 Å². The molecule has 1 N–H and O–H groups in total. The van der Waals surface area contributed by atoms with Crippen molar-refractivity contribution in [1.82, 2.24) is 4.90 Å². The Balaban J connectivity index is 1.76. The van der Waals surface area contributed by atoms with Gasteiger partial charge in [0.05, 0.1) is 12.0 Å². The summed E-state index contributed by atoms with van der Waals surface area (Å²) in [4.78, 5) is 30.2. The summed E-state index contributed by atoms with van der Waals surface area (Å²) >= 11 is 1.60. The fourth-order valence-corrected chi connectivity index (χ4v) is 5.29. The summed E-state index contributed by atoms with van der Waals surface area (Å²) in [5.74, 6) is 0.154. The molecule has 3 aromatic rings. The molecular weight excluding hydrogens is 416 g/mol. The lowest BCUT2D eigenvalue weighted by Gasteiger charge is -2.42. The van der Waals surface area contributed by atoms with Gasteiger partial charge in [-0.1, -0.05) is 64.1 Å². The number of hydrogen-bond acceptors (Lipinski definition) is 3. The minimum absolute atomic E-state index is 0.00182. The SMILES string of the molecule is CC(C)CN1C(=O)c2ccccc2C(C(=O)Nc2ccc(C(C)C)cc2)C1c1cccs1. The summed E-state index contributed by atoms with van der Waals surface area (Å²) in [6.45, 7) is 9.11. The number of amides is 2. The first-order valence-electron chi connectivity index (χ1n) is 11.2. The van der Waals surface area contributed by atoms with Gasteiger partial charge in [0.2, 0.25) is 5.91 Å². The normalized spacial score (nSPS) is 18.2. The molecule has 0 saturated heterocycles. The Morgan fingerprint density at radius 2 is 1.72 bits per heavy atom. The Labute approximate surface area is 194 Å². The molecule has 1 aromatic heterocycles. The van der Waals surface area contributed by atoms with Gasteiger partial charge in [0.15, 0.2) is 0 Å². The van der Waals surface area contributed by atoms with Gasteiger partial charge >= 0.3 is 0 Å². The van der Waals surface area contributed by atoms with E-state index >= 15 is 0 Å². The van der Waals surface area contributed by atoms with Crippen LogP contribution in [0.2, 0.25) is 0 Å². The molecule has 4 rings (SSSR count). The van der Waals surface area contributed by atoms with Gasteiger partial charge in [-0.15, -0.1) is 11.3 Å². The molecule has 4 nitrogen and oxygen atoms in total. The van der Waals surface area contributed by atoms with Crippen LogP contribution in [0, 0.1) is 5.92 Å². The summed E-state index contributed by atoms with van der Waals surface area (Å²) in [6, 6.07) is 19.3. The van der Waals surface area contributed by atoms with E-state index in [4.69, 9.17) is 0 Å². The molecule has 166 valence electrons. The minimum Gasteiger partial charge on any atom is -0.329 e. The molecule has 32 heavy (non-hydrogen) atoms. The lowest BCUT2D eigenvalue weighted by Crippen LogP contribution is -2.47. The van der Waals surface area contributed by atoms with Crippen molar-refractivity contribution in [2.24, 2.45) is 5.92 Å². The zero-order chi connectivity index (χ0) is 22.8. The van der Waals surface area contributed by atoms with Gasteiger partial charge < -0.3 is 10.2 Å². The summed E-state index contributed by atoms with van der Waals surface area (Å²) in [6.07, 6.45) is 0. The highest BCUT2D eigenvalue weighted by Gasteiger charge is 2.44. The molecular formula is C27H30N2O2S. The highest BCUT2D eigenvalue weighted by atomic mass is 32.1. The van der Waals surface area contributed by atoms with Crippen LogP contribution in [0.4, 0.5) is 5.69 Å². The van der Waals surface area contributed by atoms with Crippen LogP contribution >= 0.6 is 11.3 Å². The van der Waals surface area contributed by atoms with Crippen LogP contribution < -0.4 is 5.32 Å². The highest BCUT2D eigenvalue weighted by molar-refractivity contribution is 7.10. The molecule has 1 aliphatic heterocycles. The van der Waals surface area contributed by atoms with Gasteiger partial charge in [-0.05, 0) is 52.6 Å². The van der Waals surface area contributed by atoms with Gasteiger partial charge in [0.25, 0.3) is 5.91 Å². The molecule has 0 spiro atoms. The van der Waals surface area contributed by atoms with Crippen molar-refractivity contribution in [1.29, 1.82) is 0 Å². The first-order valence-corrected chi connectivity index (χ1v) is 12.1. The van der Waals surface area contributed by atoms with E-state index in [1.54, 1.807) is 11.3 Å². The largest absolute Gasteiger partial charge is 0.329 e. The maximum atomic E-state index is 13.7. The van der Waals surface area contributed by atoms with Gasteiger partial charge in [-0.25, -0.2) is 0 Å². The fourth-order valence-electron chi connectivity index (χ4n) is 4.42. The Kier molecular flexibility index (Phi) is 6.47. The zero-order valence-corrected chi connectivity index (χ0v) is 19.9. The van der Waals surface area contributed by atoms with Crippen molar-refractivity contribution < 1.29 is 9.59 Å². The summed E-state index contributed by atoms with van der Waals surface area (Å²) in [7, 11) is 0. The first kappa shape index (κ1) is 22.3. The molecule has 2 unspecified atom stereocenters. The molecule has 2 aromatic carbocycles. The van der Waals surface area contributed by atoms with Crippen LogP contribution in [0.5, 0.6) is 0 Å². The second-order valence-electron chi connectivity index (χ2n) is 9.14. The lowest BCUT2D eigenvalue weighted by atomic mass is 9.81. The Bertz CT molecular complexity index is 1090. The number of nitrogens with one attached hydrogen (secondary N) is 1. The van der Waals surface area contributed by atoms with Crippen molar-refractivity contribution in [2.75, 3.05) is 11.9 Å². The van der Waals surface area contributed by atoms with E-state index in [1.807, 2.05) is 58.8 Å². The smallest absolute Gasteiger partial charge is 0.254 e. The molecule has 0 bridgehead atoms. The average Bonchev–Trinajstić information content (AvgIpc) is 3.30. The van der Waals surface area contributed by atoms with Crippen LogP contribution in [0.1, 0.15) is 71.9 Å². The van der Waals surface area contributed by atoms with Crippen LogP contribution in [-0.4, -0.2) is 23.3 Å². The third-order valence-corrected chi connectivity index (χ3v) is 6.91. The number of fused-ring (bicyclic) bond motifs is 1. The molecule has 0 fully saturated rings. The molecule has 0 aliphatic carbocycles. The third kappa shape index (κ3) is 4.35. The van der Waals surface area contributed by atoms with E-state index in [0.717, 1.165) is 16.1 Å². The predicted molar refractivity (Wildman–Crippen MR) is 131 cm³/mol. The van der Waals surface area contributed by atoms with Crippen molar-refractivity contribution in [3.05, 3.63) is 87.6 Å². The highest BCUT2D eigenvalue weighted by Crippen LogP contribution is 2.45. The number of rotatable bonds is 6. The Morgan fingerprint density at radius 3 is 2.34 bits per heavy atom. The van der Waals surface area contributed by atoms with Gasteiger partial charge in [-0.3, -0.25) is 9.59 Å². The maximum Gasteiger partial charge on any atom is 0.254 e. The van der Waals surface area contributed by atoms with Crippen molar-refractivity contribution >= 4 is 28.8 Å². The van der Waals surface area contributed by atoms with Crippen molar-refractivity contribution in [2.45, 2.75) is 45.6 Å². The van der Waals surface area contributed by atoms with E-state index in [0.29, 0.717) is 23.9 Å². The second kappa shape index (κ2) is 9.29. The quantitative estimate of drug-likeness (QED) is 0.473. The second-order valence-corrected chi connectivity index (χ2v) is 10.1. The number of hydrogen-bond donors (Lipinski definition) is 1. The van der Waals surface area contributed by atoms with Crippen LogP contribution in [-0.2, 0) is 4.79 Å². The van der Waals surface area contributed by atoms with Gasteiger partial charge in [0.1, 0.15) is 0 Å². The Hall–Kier alpha value is -2.92. The molecule has 1 aliphatic rings. The fraction of sp³-hybridized carbons (Fsp3) is 0.333. The average molecular weight is 447 g/mol. The predicted octanol–water partition coefficient (Wildman–Crippen LogP) is 6.45. The number of anilines is 1. The number of nitrogens with zero attached hydrogens (tertiary/aromatic N) is 1. The van der Waals surface area contributed by atoms with E-state index in [2.05, 4.69) is 45.1 Å². The van der Waals surface area contributed by atoms with Gasteiger partial charge in [0, 0.05) is 22.7 Å². The Morgan fingerprint density at radius 1 is 1.00 bits per heavy atom. The zero-order valence-electron chi connectivity index (χ0n) is 19.0. The maximum absolute atomic E-state index is 13.7. The monoisotopic (exact) mass is 446 g/mol. The van der Waals surface area contributed by atoms with Crippen LogP contribution in [0.3, 0.4) is 0 Å². The summed E-state index contributed by atoms with van der Waals surface area (Å²) in [5.41, 5.74) is 3.42. The number of carbonyl (C=O) groups excluding carboxylic acids is 2. The molecule has 0 saturated carbocycles. The van der Waals surface area contributed by atoms with Crippen LogP contribution in [0.25, 0.3) is 0 Å². The van der Waals surface area contributed by atoms with E-state index in [-0.39, 0.29) is 17.9 Å². The molecule has 2 amide bonds.